The summed E-state index contributed by atoms with van der Waals surface area (Å²) in [5.74, 6) is 0.322. The molecule has 3 heterocycles. The Labute approximate surface area is 93.1 Å². The van der Waals surface area contributed by atoms with Crippen LogP contribution in [0.25, 0.3) is 5.65 Å². The summed E-state index contributed by atoms with van der Waals surface area (Å²) in [6, 6.07) is 4.03. The lowest BCUT2D eigenvalue weighted by Crippen LogP contribution is -2.43. The first-order valence-corrected chi connectivity index (χ1v) is 5.41. The topological polar surface area (TPSA) is 71.5 Å². The van der Waals surface area contributed by atoms with Gasteiger partial charge in [0, 0.05) is 32.4 Å². The van der Waals surface area contributed by atoms with Crippen LogP contribution in [0.1, 0.15) is 0 Å². The fourth-order valence-corrected chi connectivity index (χ4v) is 2.06. The zero-order valence-corrected chi connectivity index (χ0v) is 8.93. The van der Waals surface area contributed by atoms with Gasteiger partial charge >= 0.3 is 0 Å². The number of nitrogens with one attached hydrogen (secondary N) is 1. The summed E-state index contributed by atoms with van der Waals surface area (Å²) in [6.07, 6.45) is 1.87. The van der Waals surface area contributed by atoms with Crippen LogP contribution in [0.3, 0.4) is 0 Å². The fraction of sp³-hybridized carbons (Fsp3) is 0.400. The van der Waals surface area contributed by atoms with Crippen molar-refractivity contribution in [3.05, 3.63) is 18.3 Å². The molecule has 84 valence electrons. The molecule has 0 bridgehead atoms. The van der Waals surface area contributed by atoms with Crippen LogP contribution in [0.15, 0.2) is 18.3 Å². The maximum atomic E-state index is 5.62. The maximum absolute atomic E-state index is 5.62. The summed E-state index contributed by atoms with van der Waals surface area (Å²) in [6.45, 7) is 3.99. The molecule has 0 unspecified atom stereocenters. The lowest BCUT2D eigenvalue weighted by Gasteiger charge is -2.29. The molecule has 1 aliphatic rings. The Hall–Kier alpha value is -1.82. The molecular weight excluding hydrogens is 204 g/mol. The molecule has 2 aromatic rings. The van der Waals surface area contributed by atoms with Gasteiger partial charge in [0.2, 0.25) is 5.95 Å². The molecule has 0 aliphatic carbocycles. The van der Waals surface area contributed by atoms with E-state index < -0.39 is 0 Å². The van der Waals surface area contributed by atoms with E-state index in [1.54, 1.807) is 4.52 Å². The number of fused-ring (bicyclic) bond motifs is 1. The van der Waals surface area contributed by atoms with Gasteiger partial charge in [0.1, 0.15) is 0 Å². The van der Waals surface area contributed by atoms with Gasteiger partial charge in [-0.2, -0.15) is 4.98 Å². The van der Waals surface area contributed by atoms with Crippen molar-refractivity contribution in [1.82, 2.24) is 19.9 Å². The predicted octanol–water partition coefficient (Wildman–Crippen LogP) is -0.279. The number of hydrogen-bond acceptors (Lipinski definition) is 5. The van der Waals surface area contributed by atoms with E-state index in [2.05, 4.69) is 26.4 Å². The van der Waals surface area contributed by atoms with Crippen LogP contribution in [-0.4, -0.2) is 40.8 Å². The first-order valence-electron chi connectivity index (χ1n) is 5.41. The summed E-state index contributed by atoms with van der Waals surface area (Å²) in [4.78, 5) is 6.56. The largest absolute Gasteiger partial charge is 0.366 e. The molecule has 1 aliphatic heterocycles. The number of rotatable bonds is 1. The molecule has 6 nitrogen and oxygen atoms in total. The minimum Gasteiger partial charge on any atom is -0.366 e. The minimum atomic E-state index is 0.322. The molecular formula is C10H14N6. The van der Waals surface area contributed by atoms with Crippen LogP contribution in [0, 0.1) is 0 Å². The van der Waals surface area contributed by atoms with E-state index in [0.717, 1.165) is 37.5 Å². The van der Waals surface area contributed by atoms with Gasteiger partial charge in [-0.15, -0.1) is 5.10 Å². The Morgan fingerprint density at radius 1 is 1.31 bits per heavy atom. The van der Waals surface area contributed by atoms with Crippen molar-refractivity contribution >= 4 is 17.3 Å². The van der Waals surface area contributed by atoms with Crippen LogP contribution in [0.2, 0.25) is 0 Å². The Bertz CT molecular complexity index is 499. The second-order valence-electron chi connectivity index (χ2n) is 3.87. The smallest absolute Gasteiger partial charge is 0.240 e. The van der Waals surface area contributed by atoms with E-state index in [4.69, 9.17) is 5.73 Å². The molecule has 2 aromatic heterocycles. The second-order valence-corrected chi connectivity index (χ2v) is 3.87. The van der Waals surface area contributed by atoms with Gasteiger partial charge < -0.3 is 16.0 Å². The highest BCUT2D eigenvalue weighted by molar-refractivity contribution is 5.69. The Kier molecular flexibility index (Phi) is 2.14. The predicted molar refractivity (Wildman–Crippen MR) is 62.5 cm³/mol. The second kappa shape index (κ2) is 3.64. The quantitative estimate of drug-likeness (QED) is 0.689. The van der Waals surface area contributed by atoms with E-state index in [0.29, 0.717) is 5.95 Å². The number of nitrogens with two attached hydrogens (primary N) is 1. The van der Waals surface area contributed by atoms with Crippen LogP contribution in [0.4, 0.5) is 11.6 Å². The van der Waals surface area contributed by atoms with Gasteiger partial charge in [0.05, 0.1) is 5.69 Å². The van der Waals surface area contributed by atoms with Crippen LogP contribution >= 0.6 is 0 Å². The monoisotopic (exact) mass is 218 g/mol. The molecule has 0 atom stereocenters. The highest BCUT2D eigenvalue weighted by Gasteiger charge is 2.15. The van der Waals surface area contributed by atoms with E-state index in [1.807, 2.05) is 12.3 Å². The molecule has 0 aromatic carbocycles. The molecule has 0 spiro atoms. The van der Waals surface area contributed by atoms with E-state index in [1.165, 1.54) is 0 Å². The Balaban J connectivity index is 2.07. The molecule has 1 fully saturated rings. The minimum absolute atomic E-state index is 0.322. The van der Waals surface area contributed by atoms with E-state index >= 15 is 0 Å². The van der Waals surface area contributed by atoms with Crippen molar-refractivity contribution in [2.24, 2.45) is 0 Å². The number of nitrogen functional groups attached to an aromatic ring is 1. The average Bonchev–Trinajstić information content (AvgIpc) is 2.70. The van der Waals surface area contributed by atoms with Crippen molar-refractivity contribution in [2.75, 3.05) is 36.8 Å². The van der Waals surface area contributed by atoms with Gasteiger partial charge in [-0.25, -0.2) is 4.52 Å². The summed E-state index contributed by atoms with van der Waals surface area (Å²) < 4.78 is 1.73. The maximum Gasteiger partial charge on any atom is 0.240 e. The van der Waals surface area contributed by atoms with Crippen molar-refractivity contribution in [3.8, 4) is 0 Å². The van der Waals surface area contributed by atoms with Gasteiger partial charge in [0.25, 0.3) is 0 Å². The van der Waals surface area contributed by atoms with E-state index in [-0.39, 0.29) is 0 Å². The first-order chi connectivity index (χ1) is 7.84. The van der Waals surface area contributed by atoms with Crippen molar-refractivity contribution in [3.63, 3.8) is 0 Å². The number of nitrogens with zero attached hydrogens (tertiary/aromatic N) is 4. The molecule has 3 N–H and O–H groups in total. The van der Waals surface area contributed by atoms with Crippen molar-refractivity contribution in [1.29, 1.82) is 0 Å². The van der Waals surface area contributed by atoms with Crippen LogP contribution in [0.5, 0.6) is 0 Å². The van der Waals surface area contributed by atoms with Crippen molar-refractivity contribution < 1.29 is 0 Å². The third-order valence-corrected chi connectivity index (χ3v) is 2.82. The lowest BCUT2D eigenvalue weighted by molar-refractivity contribution is 0.589. The molecule has 0 radical (unpaired) electrons. The van der Waals surface area contributed by atoms with Gasteiger partial charge in [0.15, 0.2) is 5.65 Å². The molecule has 1 saturated heterocycles. The third-order valence-electron chi connectivity index (χ3n) is 2.82. The third kappa shape index (κ3) is 1.47. The molecule has 0 saturated carbocycles. The number of aromatic nitrogens is 3. The molecule has 16 heavy (non-hydrogen) atoms. The van der Waals surface area contributed by atoms with Crippen LogP contribution < -0.4 is 16.0 Å². The normalized spacial score (nSPS) is 16.9. The number of piperazine rings is 1. The highest BCUT2D eigenvalue weighted by Crippen LogP contribution is 2.20. The molecule has 3 rings (SSSR count). The molecule has 0 amide bonds. The van der Waals surface area contributed by atoms with E-state index in [9.17, 15) is 0 Å². The average molecular weight is 218 g/mol. The first kappa shape index (κ1) is 9.41. The fourth-order valence-electron chi connectivity index (χ4n) is 2.06. The number of pyridine rings is 1. The molecule has 6 heteroatoms. The number of hydrogen-bond donors (Lipinski definition) is 2. The zero-order chi connectivity index (χ0) is 11.0. The van der Waals surface area contributed by atoms with Gasteiger partial charge in [-0.05, 0) is 12.1 Å². The summed E-state index contributed by atoms with van der Waals surface area (Å²) in [5.41, 5.74) is 7.55. The van der Waals surface area contributed by atoms with Gasteiger partial charge in [-0.1, -0.05) is 0 Å². The summed E-state index contributed by atoms with van der Waals surface area (Å²) >= 11 is 0. The zero-order valence-electron chi connectivity index (χ0n) is 8.93. The number of anilines is 2. The summed E-state index contributed by atoms with van der Waals surface area (Å²) in [7, 11) is 0. The SMILES string of the molecule is Nc1nc2c(N3CCNCC3)cccn2n1. The lowest BCUT2D eigenvalue weighted by atomic mass is 10.3. The standard InChI is InChI=1S/C10H14N6/c11-10-13-9-8(2-1-5-16(9)14-10)15-6-3-12-4-7-15/h1-2,5,12H,3-4,6-7H2,(H2,11,14). The van der Waals surface area contributed by atoms with Crippen molar-refractivity contribution in [2.45, 2.75) is 0 Å². The highest BCUT2D eigenvalue weighted by atomic mass is 15.3. The Morgan fingerprint density at radius 2 is 2.12 bits per heavy atom. The summed E-state index contributed by atoms with van der Waals surface area (Å²) in [5, 5.41) is 7.44. The Morgan fingerprint density at radius 3 is 2.94 bits per heavy atom. The van der Waals surface area contributed by atoms with Crippen LogP contribution in [-0.2, 0) is 0 Å². The van der Waals surface area contributed by atoms with Gasteiger partial charge in [-0.3, -0.25) is 0 Å².